The number of likely N-dealkylation sites (tertiary alicyclic amines) is 1. The van der Waals surface area contributed by atoms with Crippen LogP contribution in [0.2, 0.25) is 0 Å². The highest BCUT2D eigenvalue weighted by molar-refractivity contribution is 5.77. The Morgan fingerprint density at radius 2 is 1.95 bits per heavy atom. The van der Waals surface area contributed by atoms with Gasteiger partial charge in [0.05, 0.1) is 13.0 Å². The van der Waals surface area contributed by atoms with E-state index in [4.69, 9.17) is 9.84 Å². The van der Waals surface area contributed by atoms with E-state index in [-0.39, 0.29) is 18.2 Å². The van der Waals surface area contributed by atoms with Crippen LogP contribution < -0.4 is 4.74 Å². The van der Waals surface area contributed by atoms with Gasteiger partial charge in [0.1, 0.15) is 5.75 Å². The molecule has 0 atom stereocenters. The van der Waals surface area contributed by atoms with Crippen molar-refractivity contribution in [2.24, 2.45) is 5.92 Å². The van der Waals surface area contributed by atoms with Crippen molar-refractivity contribution in [3.8, 4) is 5.75 Å². The number of amides is 1. The van der Waals surface area contributed by atoms with E-state index in [0.29, 0.717) is 32.5 Å². The van der Waals surface area contributed by atoms with Gasteiger partial charge in [-0.3, -0.25) is 9.59 Å². The van der Waals surface area contributed by atoms with Crippen molar-refractivity contribution < 1.29 is 19.4 Å². The van der Waals surface area contributed by atoms with E-state index in [2.05, 4.69) is 0 Å². The van der Waals surface area contributed by atoms with Crippen molar-refractivity contribution in [1.29, 1.82) is 0 Å². The highest BCUT2D eigenvalue weighted by Crippen LogP contribution is 2.20. The molecule has 2 rings (SSSR count). The fraction of sp³-hybridized carbons (Fsp3) is 0.500. The summed E-state index contributed by atoms with van der Waals surface area (Å²) in [6.45, 7) is 3.68. The largest absolute Gasteiger partial charge is 0.494 e. The Kier molecular flexibility index (Phi) is 5.20. The van der Waals surface area contributed by atoms with Crippen LogP contribution in [-0.2, 0) is 9.59 Å². The van der Waals surface area contributed by atoms with Crippen LogP contribution in [0, 0.1) is 12.8 Å². The fourth-order valence-corrected chi connectivity index (χ4v) is 2.36. The molecule has 1 N–H and O–H groups in total. The first-order chi connectivity index (χ1) is 10.0. The zero-order chi connectivity index (χ0) is 15.2. The number of carbonyl (C=O) groups is 2. The Balaban J connectivity index is 1.58. The number of aliphatic carboxylic acids is 1. The maximum atomic E-state index is 11.8. The number of carbonyl (C=O) groups excluding carboxylic acids is 1. The van der Waals surface area contributed by atoms with Crippen LogP contribution in [0.5, 0.6) is 5.75 Å². The maximum Gasteiger partial charge on any atom is 0.303 e. The van der Waals surface area contributed by atoms with Gasteiger partial charge in [0, 0.05) is 25.4 Å². The van der Waals surface area contributed by atoms with E-state index in [9.17, 15) is 9.59 Å². The molecular weight excluding hydrogens is 270 g/mol. The number of carboxylic acid groups (broad SMARTS) is 1. The van der Waals surface area contributed by atoms with E-state index in [1.165, 1.54) is 5.56 Å². The van der Waals surface area contributed by atoms with E-state index in [1.807, 2.05) is 31.2 Å². The predicted octanol–water partition coefficient (Wildman–Crippen LogP) is 2.09. The first kappa shape index (κ1) is 15.4. The molecule has 0 spiro atoms. The van der Waals surface area contributed by atoms with Crippen LogP contribution in [0.15, 0.2) is 24.3 Å². The molecule has 5 heteroatoms. The van der Waals surface area contributed by atoms with E-state index in [1.54, 1.807) is 4.90 Å². The molecule has 1 heterocycles. The van der Waals surface area contributed by atoms with Gasteiger partial charge in [0.15, 0.2) is 0 Å². The molecule has 1 saturated heterocycles. The summed E-state index contributed by atoms with van der Waals surface area (Å²) in [4.78, 5) is 24.1. The lowest BCUT2D eigenvalue weighted by molar-refractivity contribution is -0.145. The van der Waals surface area contributed by atoms with Gasteiger partial charge in [0.25, 0.3) is 0 Å². The molecule has 1 aliphatic rings. The molecule has 0 radical (unpaired) electrons. The minimum absolute atomic E-state index is 0.0872. The van der Waals surface area contributed by atoms with Crippen molar-refractivity contribution in [2.75, 3.05) is 19.7 Å². The average Bonchev–Trinajstić information content (AvgIpc) is 2.40. The standard InChI is InChI=1S/C16H21NO4/c1-12-4-6-14(7-5-12)21-8-2-3-15(18)17-10-13(11-17)9-16(19)20/h4-7,13H,2-3,8-11H2,1H3,(H,19,20). The monoisotopic (exact) mass is 291 g/mol. The zero-order valence-corrected chi connectivity index (χ0v) is 12.2. The second-order valence-corrected chi connectivity index (χ2v) is 5.53. The summed E-state index contributed by atoms with van der Waals surface area (Å²) in [5.41, 5.74) is 1.19. The number of aryl methyl sites for hydroxylation is 1. The normalized spacial score (nSPS) is 14.6. The van der Waals surface area contributed by atoms with Crippen molar-refractivity contribution in [3.05, 3.63) is 29.8 Å². The molecule has 1 aromatic carbocycles. The van der Waals surface area contributed by atoms with Gasteiger partial charge in [-0.1, -0.05) is 17.7 Å². The summed E-state index contributed by atoms with van der Waals surface area (Å²) >= 11 is 0. The number of hydrogen-bond acceptors (Lipinski definition) is 3. The molecule has 5 nitrogen and oxygen atoms in total. The topological polar surface area (TPSA) is 66.8 Å². The van der Waals surface area contributed by atoms with Crippen LogP contribution >= 0.6 is 0 Å². The third kappa shape index (κ3) is 4.77. The average molecular weight is 291 g/mol. The van der Waals surface area contributed by atoms with Crippen molar-refractivity contribution in [1.82, 2.24) is 4.90 Å². The van der Waals surface area contributed by atoms with Crippen molar-refractivity contribution in [3.63, 3.8) is 0 Å². The van der Waals surface area contributed by atoms with Gasteiger partial charge in [-0.25, -0.2) is 0 Å². The second kappa shape index (κ2) is 7.11. The van der Waals surface area contributed by atoms with Crippen molar-refractivity contribution >= 4 is 11.9 Å². The SMILES string of the molecule is Cc1ccc(OCCCC(=O)N2CC(CC(=O)O)C2)cc1. The van der Waals surface area contributed by atoms with Gasteiger partial charge in [-0.15, -0.1) is 0 Å². The lowest BCUT2D eigenvalue weighted by atomic mass is 9.96. The number of benzene rings is 1. The minimum Gasteiger partial charge on any atom is -0.494 e. The van der Waals surface area contributed by atoms with Gasteiger partial charge in [-0.2, -0.15) is 0 Å². The molecule has 1 fully saturated rings. The third-order valence-corrected chi connectivity index (χ3v) is 3.60. The summed E-state index contributed by atoms with van der Waals surface area (Å²) < 4.78 is 5.57. The molecule has 0 aliphatic carbocycles. The Hall–Kier alpha value is -2.04. The molecule has 0 aromatic heterocycles. The maximum absolute atomic E-state index is 11.8. The molecule has 0 saturated carbocycles. The summed E-state index contributed by atoms with van der Waals surface area (Å²) in [6, 6.07) is 7.82. The first-order valence-corrected chi connectivity index (χ1v) is 7.23. The Morgan fingerprint density at radius 1 is 1.29 bits per heavy atom. The Bertz CT molecular complexity index is 492. The quantitative estimate of drug-likeness (QED) is 0.781. The fourth-order valence-electron chi connectivity index (χ4n) is 2.36. The highest BCUT2D eigenvalue weighted by Gasteiger charge is 2.31. The van der Waals surface area contributed by atoms with Crippen molar-refractivity contribution in [2.45, 2.75) is 26.2 Å². The molecule has 21 heavy (non-hydrogen) atoms. The number of carboxylic acids is 1. The number of ether oxygens (including phenoxy) is 1. The first-order valence-electron chi connectivity index (χ1n) is 7.23. The molecule has 1 aliphatic heterocycles. The molecular formula is C16H21NO4. The summed E-state index contributed by atoms with van der Waals surface area (Å²) in [5.74, 6) is 0.233. The Morgan fingerprint density at radius 3 is 2.57 bits per heavy atom. The minimum atomic E-state index is -0.793. The van der Waals surface area contributed by atoms with Crippen LogP contribution in [0.4, 0.5) is 0 Å². The number of nitrogens with zero attached hydrogens (tertiary/aromatic N) is 1. The van der Waals surface area contributed by atoms with Crippen LogP contribution in [-0.4, -0.2) is 41.6 Å². The van der Waals surface area contributed by atoms with E-state index in [0.717, 1.165) is 5.75 Å². The van der Waals surface area contributed by atoms with Crippen LogP contribution in [0.1, 0.15) is 24.8 Å². The van der Waals surface area contributed by atoms with Gasteiger partial charge >= 0.3 is 5.97 Å². The van der Waals surface area contributed by atoms with Gasteiger partial charge < -0.3 is 14.7 Å². The molecule has 1 amide bonds. The molecule has 0 unspecified atom stereocenters. The third-order valence-electron chi connectivity index (χ3n) is 3.60. The number of rotatable bonds is 7. The summed E-state index contributed by atoms with van der Waals surface area (Å²) in [7, 11) is 0. The number of hydrogen-bond donors (Lipinski definition) is 1. The lowest BCUT2D eigenvalue weighted by Gasteiger charge is -2.38. The highest BCUT2D eigenvalue weighted by atomic mass is 16.5. The van der Waals surface area contributed by atoms with Crippen LogP contribution in [0.3, 0.4) is 0 Å². The van der Waals surface area contributed by atoms with E-state index >= 15 is 0 Å². The lowest BCUT2D eigenvalue weighted by Crippen LogP contribution is -2.50. The van der Waals surface area contributed by atoms with Crippen LogP contribution in [0.25, 0.3) is 0 Å². The molecule has 114 valence electrons. The molecule has 1 aromatic rings. The zero-order valence-electron chi connectivity index (χ0n) is 12.2. The molecule has 0 bridgehead atoms. The van der Waals surface area contributed by atoms with E-state index < -0.39 is 5.97 Å². The summed E-state index contributed by atoms with van der Waals surface area (Å²) in [6.07, 6.45) is 1.28. The smallest absolute Gasteiger partial charge is 0.303 e. The Labute approximate surface area is 124 Å². The van der Waals surface area contributed by atoms with Gasteiger partial charge in [0.2, 0.25) is 5.91 Å². The summed E-state index contributed by atoms with van der Waals surface area (Å²) in [5, 5.41) is 8.65. The van der Waals surface area contributed by atoms with Gasteiger partial charge in [-0.05, 0) is 25.5 Å². The second-order valence-electron chi connectivity index (χ2n) is 5.53. The predicted molar refractivity (Wildman–Crippen MR) is 78.2 cm³/mol.